The molecule has 3 rings (SSSR count). The molecule has 0 radical (unpaired) electrons. The first kappa shape index (κ1) is 13.9. The summed E-state index contributed by atoms with van der Waals surface area (Å²) in [6.45, 7) is 5.15. The summed E-state index contributed by atoms with van der Waals surface area (Å²) in [4.78, 5) is 0. The van der Waals surface area contributed by atoms with E-state index in [0.717, 1.165) is 30.5 Å². The molecule has 108 valence electrons. The zero-order chi connectivity index (χ0) is 15.0. The van der Waals surface area contributed by atoms with Gasteiger partial charge in [-0.3, -0.25) is 0 Å². The first-order chi connectivity index (χ1) is 9.98. The number of fused-ring (bicyclic) bond motifs is 1. The molecule has 0 spiro atoms. The van der Waals surface area contributed by atoms with Crippen molar-refractivity contribution in [2.75, 3.05) is 0 Å². The minimum atomic E-state index is -0.365. The summed E-state index contributed by atoms with van der Waals surface area (Å²) >= 11 is 0. The van der Waals surface area contributed by atoms with E-state index in [-0.39, 0.29) is 11.5 Å². The molecule has 0 fully saturated rings. The molecule has 1 unspecified atom stereocenters. The van der Waals surface area contributed by atoms with Crippen molar-refractivity contribution in [3.05, 3.63) is 58.9 Å². The molecule has 2 aromatic rings. The molecular weight excluding hydrogens is 260 g/mol. The van der Waals surface area contributed by atoms with Crippen LogP contribution in [-0.4, -0.2) is 9.67 Å². The number of nitriles is 1. The third-order valence-corrected chi connectivity index (χ3v) is 4.27. The van der Waals surface area contributed by atoms with Crippen molar-refractivity contribution in [2.24, 2.45) is 5.41 Å². The first-order valence-corrected chi connectivity index (χ1v) is 7.33. The van der Waals surface area contributed by atoms with E-state index in [0.29, 0.717) is 5.56 Å². The number of aromatic nitrogens is 1. The number of aliphatic hydroxyl groups excluding tert-OH is 1. The summed E-state index contributed by atoms with van der Waals surface area (Å²) in [5.74, 6) is 0. The highest BCUT2D eigenvalue weighted by atomic mass is 16.3. The summed E-state index contributed by atoms with van der Waals surface area (Å²) in [6, 6.07) is 11.9. The fraction of sp³-hybridized carbons (Fsp3) is 0.389. The van der Waals surface area contributed by atoms with Crippen LogP contribution in [0.1, 0.15) is 48.8 Å². The number of hydrogen-bond acceptors (Lipinski definition) is 2. The maximum atomic E-state index is 10.3. The first-order valence-electron chi connectivity index (χ1n) is 7.33. The highest BCUT2D eigenvalue weighted by Crippen LogP contribution is 2.41. The van der Waals surface area contributed by atoms with Gasteiger partial charge in [-0.1, -0.05) is 26.0 Å². The lowest BCUT2D eigenvalue weighted by Gasteiger charge is -2.34. The maximum absolute atomic E-state index is 10.3. The fourth-order valence-electron chi connectivity index (χ4n) is 3.27. The Morgan fingerprint density at radius 1 is 1.38 bits per heavy atom. The lowest BCUT2D eigenvalue weighted by Crippen LogP contribution is -2.26. The van der Waals surface area contributed by atoms with Crippen LogP contribution < -0.4 is 0 Å². The number of rotatable bonds is 2. The molecule has 1 N–H and O–H groups in total. The Morgan fingerprint density at radius 2 is 2.19 bits per heavy atom. The van der Waals surface area contributed by atoms with Gasteiger partial charge < -0.3 is 9.67 Å². The van der Waals surface area contributed by atoms with Crippen molar-refractivity contribution in [2.45, 2.75) is 39.3 Å². The Hall–Kier alpha value is -2.05. The average molecular weight is 280 g/mol. The van der Waals surface area contributed by atoms with Crippen LogP contribution in [0.3, 0.4) is 0 Å². The van der Waals surface area contributed by atoms with Crippen LogP contribution in [0.25, 0.3) is 0 Å². The summed E-state index contributed by atoms with van der Waals surface area (Å²) in [5, 5.41) is 19.3. The van der Waals surface area contributed by atoms with Gasteiger partial charge in [-0.15, -0.1) is 0 Å². The van der Waals surface area contributed by atoms with Crippen LogP contribution in [0.5, 0.6) is 0 Å². The third kappa shape index (κ3) is 2.72. The number of hydrogen-bond donors (Lipinski definition) is 1. The molecule has 0 aliphatic heterocycles. The Morgan fingerprint density at radius 3 is 2.95 bits per heavy atom. The SMILES string of the molecule is CC1(C)Cc2c(ccn2Cc2cccc(C#N)c2)C(O)C1. The molecule has 3 nitrogen and oxygen atoms in total. The lowest BCUT2D eigenvalue weighted by atomic mass is 9.75. The van der Waals surface area contributed by atoms with E-state index in [2.05, 4.69) is 24.5 Å². The van der Waals surface area contributed by atoms with E-state index < -0.39 is 0 Å². The van der Waals surface area contributed by atoms with Gasteiger partial charge in [0.25, 0.3) is 0 Å². The monoisotopic (exact) mass is 280 g/mol. The fourth-order valence-corrected chi connectivity index (χ4v) is 3.27. The van der Waals surface area contributed by atoms with E-state index in [1.807, 2.05) is 36.5 Å². The molecular formula is C18H20N2O. The highest BCUT2D eigenvalue weighted by Gasteiger charge is 2.33. The van der Waals surface area contributed by atoms with Crippen molar-refractivity contribution in [3.8, 4) is 6.07 Å². The minimum absolute atomic E-state index is 0.122. The standard InChI is InChI=1S/C18H20N2O/c1-18(2)9-16-15(17(21)10-18)6-7-20(16)12-14-5-3-4-13(8-14)11-19/h3-8,17,21H,9-10,12H2,1-2H3. The normalized spacial score (nSPS) is 19.8. The van der Waals surface area contributed by atoms with Gasteiger partial charge in [0.2, 0.25) is 0 Å². The van der Waals surface area contributed by atoms with Crippen molar-refractivity contribution in [3.63, 3.8) is 0 Å². The number of benzene rings is 1. The van der Waals surface area contributed by atoms with Crippen LogP contribution in [0, 0.1) is 16.7 Å². The second-order valence-electron chi connectivity index (χ2n) is 6.72. The van der Waals surface area contributed by atoms with Crippen molar-refractivity contribution in [1.82, 2.24) is 4.57 Å². The van der Waals surface area contributed by atoms with Crippen molar-refractivity contribution < 1.29 is 5.11 Å². The minimum Gasteiger partial charge on any atom is -0.388 e. The van der Waals surface area contributed by atoms with Crippen LogP contribution >= 0.6 is 0 Å². The molecule has 0 saturated heterocycles. The Bertz CT molecular complexity index is 706. The molecule has 1 aromatic carbocycles. The maximum Gasteiger partial charge on any atom is 0.0991 e. The zero-order valence-corrected chi connectivity index (χ0v) is 12.5. The van der Waals surface area contributed by atoms with Gasteiger partial charge in [-0.2, -0.15) is 5.26 Å². The summed E-state index contributed by atoms with van der Waals surface area (Å²) in [6.07, 6.45) is 3.47. The van der Waals surface area contributed by atoms with Crippen LogP contribution in [0.4, 0.5) is 0 Å². The average Bonchev–Trinajstić information content (AvgIpc) is 2.81. The zero-order valence-electron chi connectivity index (χ0n) is 12.5. The van der Waals surface area contributed by atoms with E-state index in [1.165, 1.54) is 5.69 Å². The van der Waals surface area contributed by atoms with Crippen LogP contribution in [-0.2, 0) is 13.0 Å². The quantitative estimate of drug-likeness (QED) is 0.916. The van der Waals surface area contributed by atoms with Gasteiger partial charge in [0.1, 0.15) is 0 Å². The Labute approximate surface area is 125 Å². The molecule has 1 atom stereocenters. The summed E-state index contributed by atoms with van der Waals surface area (Å²) in [5.41, 5.74) is 4.21. The third-order valence-electron chi connectivity index (χ3n) is 4.27. The van der Waals surface area contributed by atoms with Crippen molar-refractivity contribution >= 4 is 0 Å². The molecule has 1 aliphatic carbocycles. The second kappa shape index (κ2) is 5.05. The van der Waals surface area contributed by atoms with Crippen LogP contribution in [0.2, 0.25) is 0 Å². The number of nitrogens with zero attached hydrogens (tertiary/aromatic N) is 2. The second-order valence-corrected chi connectivity index (χ2v) is 6.72. The molecule has 21 heavy (non-hydrogen) atoms. The molecule has 0 amide bonds. The molecule has 0 bridgehead atoms. The van der Waals surface area contributed by atoms with Gasteiger partial charge in [0.05, 0.1) is 17.7 Å². The molecule has 1 aliphatic rings. The summed E-state index contributed by atoms with van der Waals surface area (Å²) < 4.78 is 2.20. The largest absolute Gasteiger partial charge is 0.388 e. The predicted octanol–water partition coefficient (Wildman–Crippen LogP) is 3.41. The van der Waals surface area contributed by atoms with Crippen LogP contribution in [0.15, 0.2) is 36.5 Å². The van der Waals surface area contributed by atoms with Gasteiger partial charge in [0.15, 0.2) is 0 Å². The van der Waals surface area contributed by atoms with Crippen molar-refractivity contribution in [1.29, 1.82) is 5.26 Å². The van der Waals surface area contributed by atoms with Gasteiger partial charge >= 0.3 is 0 Å². The van der Waals surface area contributed by atoms with E-state index in [1.54, 1.807) is 0 Å². The summed E-state index contributed by atoms with van der Waals surface area (Å²) in [7, 11) is 0. The van der Waals surface area contributed by atoms with E-state index in [9.17, 15) is 5.11 Å². The molecule has 3 heteroatoms. The highest BCUT2D eigenvalue weighted by molar-refractivity contribution is 5.34. The molecule has 1 aromatic heterocycles. The van der Waals surface area contributed by atoms with Gasteiger partial charge in [-0.05, 0) is 42.0 Å². The van der Waals surface area contributed by atoms with E-state index in [4.69, 9.17) is 5.26 Å². The van der Waals surface area contributed by atoms with Gasteiger partial charge in [-0.25, -0.2) is 0 Å². The number of aliphatic hydroxyl groups is 1. The Balaban J connectivity index is 1.93. The lowest BCUT2D eigenvalue weighted by molar-refractivity contribution is 0.0981. The Kier molecular flexibility index (Phi) is 3.35. The van der Waals surface area contributed by atoms with E-state index >= 15 is 0 Å². The molecule has 1 heterocycles. The topological polar surface area (TPSA) is 49.0 Å². The van der Waals surface area contributed by atoms with Gasteiger partial charge in [0, 0.05) is 24.0 Å². The molecule has 0 saturated carbocycles. The smallest absolute Gasteiger partial charge is 0.0991 e. The predicted molar refractivity (Wildman–Crippen MR) is 81.8 cm³/mol.